The number of hydrogen-bond acceptors (Lipinski definition) is 3. The third kappa shape index (κ3) is 7.09. The molecule has 2 aromatic carbocycles. The van der Waals surface area contributed by atoms with Gasteiger partial charge in [-0.25, -0.2) is 0 Å². The lowest BCUT2D eigenvalue weighted by molar-refractivity contribution is -0.139. The number of nitrogens with one attached hydrogen (secondary N) is 1. The maximum Gasteiger partial charge on any atom is 0.243 e. The number of halogens is 1. The molecule has 6 heteroatoms. The second-order valence-corrected chi connectivity index (χ2v) is 8.41. The van der Waals surface area contributed by atoms with Crippen LogP contribution in [0.15, 0.2) is 59.5 Å². The fraction of sp³-hybridized carbons (Fsp3) is 0.391. The Kier molecular flexibility index (Phi) is 9.55. The molecule has 2 amide bonds. The quantitative estimate of drug-likeness (QED) is 0.528. The van der Waals surface area contributed by atoms with Crippen LogP contribution in [0.3, 0.4) is 0 Å². The van der Waals surface area contributed by atoms with E-state index < -0.39 is 6.04 Å². The molecule has 0 radical (unpaired) electrons. The average molecular weight is 433 g/mol. The zero-order valence-electron chi connectivity index (χ0n) is 17.2. The minimum absolute atomic E-state index is 0.0625. The topological polar surface area (TPSA) is 49.4 Å². The number of rotatable bonds is 10. The summed E-state index contributed by atoms with van der Waals surface area (Å²) >= 11 is 7.81. The van der Waals surface area contributed by atoms with E-state index in [0.29, 0.717) is 18.0 Å². The minimum atomic E-state index is -0.538. The Labute approximate surface area is 183 Å². The standard InChI is InChI=1S/C23H29ClN2O2S/c1-4-17(3)25-23(28)21(5-2)26(15-18-11-9-10-14-20(18)24)22(27)16-29-19-12-7-6-8-13-19/h6-14,17,21H,4-5,15-16H2,1-3H3,(H,25,28). The fourth-order valence-corrected chi connectivity index (χ4v) is 3.92. The van der Waals surface area contributed by atoms with Crippen molar-refractivity contribution >= 4 is 35.2 Å². The number of carbonyl (C=O) groups excluding carboxylic acids is 2. The van der Waals surface area contributed by atoms with Crippen molar-refractivity contribution < 1.29 is 9.59 Å². The molecule has 29 heavy (non-hydrogen) atoms. The van der Waals surface area contributed by atoms with Gasteiger partial charge >= 0.3 is 0 Å². The maximum absolute atomic E-state index is 13.2. The van der Waals surface area contributed by atoms with Crippen LogP contribution in [0.25, 0.3) is 0 Å². The summed E-state index contributed by atoms with van der Waals surface area (Å²) in [6.45, 7) is 6.23. The van der Waals surface area contributed by atoms with E-state index >= 15 is 0 Å². The van der Waals surface area contributed by atoms with Gasteiger partial charge in [-0.15, -0.1) is 11.8 Å². The van der Waals surface area contributed by atoms with Gasteiger partial charge in [0.2, 0.25) is 11.8 Å². The highest BCUT2D eigenvalue weighted by molar-refractivity contribution is 8.00. The van der Waals surface area contributed by atoms with Gasteiger partial charge in [-0.2, -0.15) is 0 Å². The van der Waals surface area contributed by atoms with Gasteiger partial charge in [0.15, 0.2) is 0 Å². The predicted molar refractivity (Wildman–Crippen MR) is 121 cm³/mol. The molecule has 2 aromatic rings. The molecule has 156 valence electrons. The van der Waals surface area contributed by atoms with Crippen LogP contribution in [0.1, 0.15) is 39.2 Å². The first kappa shape index (κ1) is 23.3. The van der Waals surface area contributed by atoms with Crippen molar-refractivity contribution in [3.63, 3.8) is 0 Å². The van der Waals surface area contributed by atoms with Gasteiger partial charge in [-0.1, -0.05) is 61.8 Å². The first-order valence-electron chi connectivity index (χ1n) is 9.97. The number of nitrogens with zero attached hydrogens (tertiary/aromatic N) is 1. The molecular formula is C23H29ClN2O2S. The normalized spacial score (nSPS) is 12.8. The Morgan fingerprint density at radius 1 is 1.03 bits per heavy atom. The number of benzene rings is 2. The SMILES string of the molecule is CCC(C)NC(=O)C(CC)N(Cc1ccccc1Cl)C(=O)CSc1ccccc1. The molecule has 0 saturated carbocycles. The molecule has 1 N–H and O–H groups in total. The van der Waals surface area contributed by atoms with Crippen molar-refractivity contribution in [1.82, 2.24) is 10.2 Å². The molecule has 0 aliphatic heterocycles. The Morgan fingerprint density at radius 3 is 2.31 bits per heavy atom. The highest BCUT2D eigenvalue weighted by atomic mass is 35.5. The lowest BCUT2D eigenvalue weighted by atomic mass is 10.1. The average Bonchev–Trinajstić information content (AvgIpc) is 2.73. The van der Waals surface area contributed by atoms with E-state index in [4.69, 9.17) is 11.6 Å². The first-order valence-corrected chi connectivity index (χ1v) is 11.3. The number of amides is 2. The van der Waals surface area contributed by atoms with E-state index in [1.807, 2.05) is 69.3 Å². The van der Waals surface area contributed by atoms with Gasteiger partial charge in [0, 0.05) is 22.5 Å². The van der Waals surface area contributed by atoms with E-state index in [-0.39, 0.29) is 23.6 Å². The second-order valence-electron chi connectivity index (χ2n) is 6.96. The van der Waals surface area contributed by atoms with E-state index in [2.05, 4.69) is 5.32 Å². The molecule has 2 atom stereocenters. The third-order valence-corrected chi connectivity index (χ3v) is 6.16. The van der Waals surface area contributed by atoms with E-state index in [1.54, 1.807) is 11.0 Å². The Balaban J connectivity index is 2.22. The molecule has 0 bridgehead atoms. The van der Waals surface area contributed by atoms with Crippen LogP contribution in [-0.2, 0) is 16.1 Å². The summed E-state index contributed by atoms with van der Waals surface area (Å²) in [5.74, 6) is 0.0681. The van der Waals surface area contributed by atoms with Crippen molar-refractivity contribution in [2.75, 3.05) is 5.75 Å². The molecular weight excluding hydrogens is 404 g/mol. The van der Waals surface area contributed by atoms with Crippen molar-refractivity contribution in [3.05, 3.63) is 65.2 Å². The van der Waals surface area contributed by atoms with E-state index in [0.717, 1.165) is 16.9 Å². The Bertz CT molecular complexity index is 800. The monoisotopic (exact) mass is 432 g/mol. The van der Waals surface area contributed by atoms with Gasteiger partial charge in [-0.05, 0) is 43.5 Å². The molecule has 0 aromatic heterocycles. The fourth-order valence-electron chi connectivity index (χ4n) is 2.92. The van der Waals surface area contributed by atoms with Gasteiger partial charge in [0.05, 0.1) is 5.75 Å². The summed E-state index contributed by atoms with van der Waals surface area (Å²) < 4.78 is 0. The third-order valence-electron chi connectivity index (χ3n) is 4.79. The molecule has 0 fully saturated rings. The molecule has 0 saturated heterocycles. The van der Waals surface area contributed by atoms with Crippen LogP contribution in [0.5, 0.6) is 0 Å². The van der Waals surface area contributed by atoms with E-state index in [1.165, 1.54) is 11.8 Å². The summed E-state index contributed by atoms with van der Waals surface area (Å²) in [5, 5.41) is 3.61. The van der Waals surface area contributed by atoms with Crippen LogP contribution in [-0.4, -0.2) is 34.6 Å². The van der Waals surface area contributed by atoms with Crippen LogP contribution in [0, 0.1) is 0 Å². The number of hydrogen-bond donors (Lipinski definition) is 1. The van der Waals surface area contributed by atoms with Gasteiger partial charge < -0.3 is 10.2 Å². The number of thioether (sulfide) groups is 1. The summed E-state index contributed by atoms with van der Waals surface area (Å²) in [5.41, 5.74) is 0.835. The van der Waals surface area contributed by atoms with Crippen molar-refractivity contribution in [3.8, 4) is 0 Å². The van der Waals surface area contributed by atoms with Gasteiger partial charge in [0.25, 0.3) is 0 Å². The minimum Gasteiger partial charge on any atom is -0.352 e. The summed E-state index contributed by atoms with van der Waals surface area (Å²) in [4.78, 5) is 28.8. The summed E-state index contributed by atoms with van der Waals surface area (Å²) in [6.07, 6.45) is 1.37. The number of carbonyl (C=O) groups is 2. The first-order chi connectivity index (χ1) is 14.0. The van der Waals surface area contributed by atoms with Crippen molar-refractivity contribution in [2.45, 2.75) is 57.1 Å². The lowest BCUT2D eigenvalue weighted by Gasteiger charge is -2.31. The summed E-state index contributed by atoms with van der Waals surface area (Å²) in [7, 11) is 0. The van der Waals surface area contributed by atoms with Crippen LogP contribution < -0.4 is 5.32 Å². The molecule has 0 aliphatic carbocycles. The molecule has 0 aliphatic rings. The maximum atomic E-state index is 13.2. The van der Waals surface area contributed by atoms with Crippen LogP contribution in [0.2, 0.25) is 5.02 Å². The highest BCUT2D eigenvalue weighted by Crippen LogP contribution is 2.22. The lowest BCUT2D eigenvalue weighted by Crippen LogP contribution is -2.51. The zero-order chi connectivity index (χ0) is 21.2. The zero-order valence-corrected chi connectivity index (χ0v) is 18.8. The van der Waals surface area contributed by atoms with Gasteiger partial charge in [-0.3, -0.25) is 9.59 Å². The highest BCUT2D eigenvalue weighted by Gasteiger charge is 2.29. The summed E-state index contributed by atoms with van der Waals surface area (Å²) in [6, 6.07) is 16.8. The molecule has 2 unspecified atom stereocenters. The van der Waals surface area contributed by atoms with Gasteiger partial charge in [0.1, 0.15) is 6.04 Å². The molecule has 0 spiro atoms. The van der Waals surface area contributed by atoms with Crippen molar-refractivity contribution in [2.24, 2.45) is 0 Å². The molecule has 4 nitrogen and oxygen atoms in total. The Hall–Kier alpha value is -1.98. The smallest absolute Gasteiger partial charge is 0.243 e. The van der Waals surface area contributed by atoms with Crippen LogP contribution in [0.4, 0.5) is 0 Å². The molecule has 2 rings (SSSR count). The van der Waals surface area contributed by atoms with Crippen LogP contribution >= 0.6 is 23.4 Å². The van der Waals surface area contributed by atoms with E-state index in [9.17, 15) is 9.59 Å². The predicted octanol–water partition coefficient (Wildman–Crippen LogP) is 5.15. The van der Waals surface area contributed by atoms with Crippen molar-refractivity contribution in [1.29, 1.82) is 0 Å². The largest absolute Gasteiger partial charge is 0.352 e. The second kappa shape index (κ2) is 11.9. The molecule has 0 heterocycles. The Morgan fingerprint density at radius 2 is 1.69 bits per heavy atom.